The molecule has 7 heteroatoms. The Balaban J connectivity index is 1.83. The lowest BCUT2D eigenvalue weighted by Gasteiger charge is -2.31. The lowest BCUT2D eigenvalue weighted by molar-refractivity contribution is -0.111. The number of ketones is 1. The SMILES string of the molecule is CC(=O)C1=NN(c2ccc(Cl)cc2)C(c2cccs2)N1c1ccc(N(C)C)cc1. The maximum absolute atomic E-state index is 12.5. The molecular weight excluding hydrogens is 404 g/mol. The van der Waals surface area contributed by atoms with Gasteiger partial charge in [0, 0.05) is 42.3 Å². The van der Waals surface area contributed by atoms with E-state index < -0.39 is 0 Å². The first-order valence-electron chi connectivity index (χ1n) is 9.20. The minimum Gasteiger partial charge on any atom is -0.378 e. The number of carbonyl (C=O) groups is 1. The quantitative estimate of drug-likeness (QED) is 0.550. The van der Waals surface area contributed by atoms with Gasteiger partial charge in [0.05, 0.1) is 5.69 Å². The highest BCUT2D eigenvalue weighted by atomic mass is 35.5. The van der Waals surface area contributed by atoms with Crippen LogP contribution in [0.4, 0.5) is 17.1 Å². The summed E-state index contributed by atoms with van der Waals surface area (Å²) >= 11 is 7.72. The second kappa shape index (κ2) is 7.89. The van der Waals surface area contributed by atoms with Crippen LogP contribution in [0.3, 0.4) is 0 Å². The van der Waals surface area contributed by atoms with Gasteiger partial charge in [-0.25, -0.2) is 5.01 Å². The van der Waals surface area contributed by atoms with E-state index in [-0.39, 0.29) is 11.9 Å². The molecule has 0 saturated carbocycles. The van der Waals surface area contributed by atoms with Crippen LogP contribution in [0.25, 0.3) is 0 Å². The third kappa shape index (κ3) is 3.73. The minimum absolute atomic E-state index is 0.0836. The van der Waals surface area contributed by atoms with Gasteiger partial charge in [0.2, 0.25) is 0 Å². The zero-order valence-electron chi connectivity index (χ0n) is 16.4. The first-order chi connectivity index (χ1) is 14.0. The molecule has 1 aliphatic heterocycles. The molecule has 29 heavy (non-hydrogen) atoms. The molecule has 0 fully saturated rings. The largest absolute Gasteiger partial charge is 0.378 e. The molecule has 3 aromatic rings. The zero-order valence-corrected chi connectivity index (χ0v) is 18.0. The van der Waals surface area contributed by atoms with E-state index in [0.29, 0.717) is 10.9 Å². The van der Waals surface area contributed by atoms with Gasteiger partial charge in [0.1, 0.15) is 0 Å². The standard InChI is InChI=1S/C22H21ClN4OS/c1-15(28)21-24-27(19-8-6-16(23)7-9-19)22(20-5-4-14-29-20)26(21)18-12-10-17(11-13-18)25(2)3/h4-14,22H,1-3H3. The van der Waals surface area contributed by atoms with Crippen LogP contribution in [0.15, 0.2) is 71.1 Å². The second-order valence-corrected chi connectivity index (χ2v) is 8.39. The highest BCUT2D eigenvalue weighted by Gasteiger charge is 2.39. The fraction of sp³-hybridized carbons (Fsp3) is 0.182. The third-order valence-electron chi connectivity index (χ3n) is 4.75. The van der Waals surface area contributed by atoms with Crippen molar-refractivity contribution in [2.75, 3.05) is 28.9 Å². The van der Waals surface area contributed by atoms with Crippen LogP contribution >= 0.6 is 22.9 Å². The molecule has 148 valence electrons. The summed E-state index contributed by atoms with van der Waals surface area (Å²) in [7, 11) is 4.01. The summed E-state index contributed by atoms with van der Waals surface area (Å²) in [5.41, 5.74) is 2.88. The van der Waals surface area contributed by atoms with E-state index in [1.165, 1.54) is 0 Å². The molecule has 4 rings (SSSR count). The van der Waals surface area contributed by atoms with Gasteiger partial charge in [-0.15, -0.1) is 16.4 Å². The molecule has 2 heterocycles. The number of hydrogen-bond donors (Lipinski definition) is 0. The van der Waals surface area contributed by atoms with Crippen LogP contribution in [0.5, 0.6) is 0 Å². The first-order valence-corrected chi connectivity index (χ1v) is 10.5. The molecule has 1 aromatic heterocycles. The molecule has 1 aliphatic rings. The van der Waals surface area contributed by atoms with Crippen LogP contribution in [-0.4, -0.2) is 25.7 Å². The van der Waals surface area contributed by atoms with Gasteiger partial charge in [-0.2, -0.15) is 0 Å². The van der Waals surface area contributed by atoms with Crippen LogP contribution in [0, 0.1) is 0 Å². The Kier molecular flexibility index (Phi) is 5.30. The van der Waals surface area contributed by atoms with Crippen molar-refractivity contribution in [3.8, 4) is 0 Å². The molecule has 0 saturated heterocycles. The summed E-state index contributed by atoms with van der Waals surface area (Å²) in [5, 5.41) is 9.30. The minimum atomic E-state index is -0.250. The van der Waals surface area contributed by atoms with Crippen LogP contribution in [0.2, 0.25) is 5.02 Å². The molecule has 0 spiro atoms. The molecular formula is C22H21ClN4OS. The van der Waals surface area contributed by atoms with Crippen molar-refractivity contribution < 1.29 is 4.79 Å². The number of Topliss-reactive ketones (excluding diaryl/α,β-unsaturated/α-hetero) is 1. The number of hydrogen-bond acceptors (Lipinski definition) is 6. The molecule has 0 aliphatic carbocycles. The summed E-state index contributed by atoms with van der Waals surface area (Å²) in [6.45, 7) is 1.55. The molecule has 0 amide bonds. The number of hydrazone groups is 1. The number of thiophene rings is 1. The Morgan fingerprint density at radius 2 is 1.69 bits per heavy atom. The summed E-state index contributed by atoms with van der Waals surface area (Å²) in [6.07, 6.45) is -0.250. The van der Waals surface area contributed by atoms with E-state index in [4.69, 9.17) is 16.7 Å². The number of halogens is 1. The molecule has 1 atom stereocenters. The molecule has 2 aromatic carbocycles. The number of amidine groups is 1. The number of carbonyl (C=O) groups excluding carboxylic acids is 1. The van der Waals surface area contributed by atoms with Crippen molar-refractivity contribution in [2.24, 2.45) is 5.10 Å². The van der Waals surface area contributed by atoms with Crippen molar-refractivity contribution in [1.29, 1.82) is 0 Å². The number of nitrogens with zero attached hydrogens (tertiary/aromatic N) is 4. The maximum Gasteiger partial charge on any atom is 0.198 e. The lowest BCUT2D eigenvalue weighted by atomic mass is 10.2. The Bertz CT molecular complexity index is 1030. The van der Waals surface area contributed by atoms with Gasteiger partial charge in [-0.3, -0.25) is 9.69 Å². The van der Waals surface area contributed by atoms with Crippen molar-refractivity contribution in [3.05, 3.63) is 75.9 Å². The summed E-state index contributed by atoms with van der Waals surface area (Å²) < 4.78 is 0. The number of benzene rings is 2. The summed E-state index contributed by atoms with van der Waals surface area (Å²) in [6, 6.07) is 19.7. The topological polar surface area (TPSA) is 39.2 Å². The number of anilines is 3. The van der Waals surface area contributed by atoms with E-state index in [2.05, 4.69) is 6.07 Å². The maximum atomic E-state index is 12.5. The summed E-state index contributed by atoms with van der Waals surface area (Å²) in [5.74, 6) is 0.329. The highest BCUT2D eigenvalue weighted by molar-refractivity contribution is 7.10. The van der Waals surface area contributed by atoms with E-state index in [1.807, 2.05) is 88.9 Å². The van der Waals surface area contributed by atoms with E-state index in [0.717, 1.165) is 21.9 Å². The first kappa shape index (κ1) is 19.5. The van der Waals surface area contributed by atoms with Gasteiger partial charge in [-0.05, 0) is 60.0 Å². The van der Waals surface area contributed by atoms with E-state index in [1.54, 1.807) is 18.3 Å². The van der Waals surface area contributed by atoms with Crippen LogP contribution in [0.1, 0.15) is 18.0 Å². The van der Waals surface area contributed by atoms with Gasteiger partial charge in [0.15, 0.2) is 17.8 Å². The monoisotopic (exact) mass is 424 g/mol. The Labute approximate surface area is 179 Å². The van der Waals surface area contributed by atoms with E-state index >= 15 is 0 Å². The van der Waals surface area contributed by atoms with E-state index in [9.17, 15) is 4.79 Å². The lowest BCUT2D eigenvalue weighted by Crippen LogP contribution is -2.37. The van der Waals surface area contributed by atoms with Crippen molar-refractivity contribution in [1.82, 2.24) is 0 Å². The van der Waals surface area contributed by atoms with Crippen LogP contribution < -0.4 is 14.8 Å². The Morgan fingerprint density at radius 1 is 1.03 bits per heavy atom. The fourth-order valence-electron chi connectivity index (χ4n) is 3.32. The molecule has 5 nitrogen and oxygen atoms in total. The smallest absolute Gasteiger partial charge is 0.198 e. The Hall–Kier alpha value is -2.83. The van der Waals surface area contributed by atoms with Crippen molar-refractivity contribution in [2.45, 2.75) is 13.1 Å². The van der Waals surface area contributed by atoms with Gasteiger partial charge in [0.25, 0.3) is 0 Å². The zero-order chi connectivity index (χ0) is 20.5. The predicted octanol–water partition coefficient (Wildman–Crippen LogP) is 5.40. The van der Waals surface area contributed by atoms with Gasteiger partial charge in [-0.1, -0.05) is 17.7 Å². The van der Waals surface area contributed by atoms with Crippen molar-refractivity contribution >= 4 is 51.6 Å². The summed E-state index contributed by atoms with van der Waals surface area (Å²) in [4.78, 5) is 17.7. The normalized spacial score (nSPS) is 16.1. The Morgan fingerprint density at radius 3 is 2.24 bits per heavy atom. The molecule has 1 unspecified atom stereocenters. The molecule has 0 bridgehead atoms. The number of rotatable bonds is 5. The van der Waals surface area contributed by atoms with Gasteiger partial charge < -0.3 is 4.90 Å². The predicted molar refractivity (Wildman–Crippen MR) is 122 cm³/mol. The van der Waals surface area contributed by atoms with Crippen LogP contribution in [-0.2, 0) is 4.79 Å². The third-order valence-corrected chi connectivity index (χ3v) is 5.92. The average Bonchev–Trinajstić information content (AvgIpc) is 3.36. The molecule has 0 radical (unpaired) electrons. The molecule has 0 N–H and O–H groups in total. The van der Waals surface area contributed by atoms with Gasteiger partial charge >= 0.3 is 0 Å². The highest BCUT2D eigenvalue weighted by Crippen LogP contribution is 2.41. The average molecular weight is 425 g/mol. The van der Waals surface area contributed by atoms with Crippen molar-refractivity contribution in [3.63, 3.8) is 0 Å². The second-order valence-electron chi connectivity index (χ2n) is 6.97. The fourth-order valence-corrected chi connectivity index (χ4v) is 4.25.